The van der Waals surface area contributed by atoms with Crippen molar-refractivity contribution >= 4 is 17.7 Å². The van der Waals surface area contributed by atoms with E-state index >= 15 is 0 Å². The zero-order valence-corrected chi connectivity index (χ0v) is 15.4. The van der Waals surface area contributed by atoms with E-state index < -0.39 is 0 Å². The quantitative estimate of drug-likeness (QED) is 0.576. The molecule has 0 aliphatic heterocycles. The number of carbonyl (C=O) groups is 1. The molecule has 4 heteroatoms. The van der Waals surface area contributed by atoms with E-state index in [2.05, 4.69) is 42.6 Å². The second kappa shape index (κ2) is 9.38. The lowest BCUT2D eigenvalue weighted by atomic mass is 10.1. The van der Waals surface area contributed by atoms with E-state index in [0.29, 0.717) is 6.54 Å². The Morgan fingerprint density at radius 2 is 1.88 bits per heavy atom. The lowest BCUT2D eigenvalue weighted by Crippen LogP contribution is -2.31. The van der Waals surface area contributed by atoms with Crippen LogP contribution in [0.15, 0.2) is 53.4 Å². The summed E-state index contributed by atoms with van der Waals surface area (Å²) >= 11 is 1.59. The maximum atomic E-state index is 12.2. The van der Waals surface area contributed by atoms with Crippen molar-refractivity contribution in [1.82, 2.24) is 5.32 Å². The Kier molecular flexibility index (Phi) is 7.19. The number of aryl methyl sites for hydroxylation is 2. The summed E-state index contributed by atoms with van der Waals surface area (Å²) in [5.74, 6) is 0.993. The number of hydrogen-bond acceptors (Lipinski definition) is 3. The molecular weight excluding hydrogens is 318 g/mol. The molecule has 0 aromatic heterocycles. The summed E-state index contributed by atoms with van der Waals surface area (Å²) < 4.78 is 5.35. The molecule has 128 valence electrons. The molecule has 0 spiro atoms. The summed E-state index contributed by atoms with van der Waals surface area (Å²) in [6.45, 7) is 4.68. The van der Waals surface area contributed by atoms with Gasteiger partial charge in [-0.15, -0.1) is 11.8 Å². The fourth-order valence-corrected chi connectivity index (χ4v) is 3.31. The van der Waals surface area contributed by atoms with Crippen LogP contribution in [0.4, 0.5) is 0 Å². The van der Waals surface area contributed by atoms with Crippen molar-refractivity contribution in [2.24, 2.45) is 0 Å². The largest absolute Gasteiger partial charge is 0.496 e. The molecule has 0 aliphatic rings. The van der Waals surface area contributed by atoms with Crippen molar-refractivity contribution in [3.8, 4) is 5.75 Å². The SMILES string of the molecule is COc1ccccc1CCCNC(=O)C(C)Sc1ccc(C)cc1. The van der Waals surface area contributed by atoms with Crippen LogP contribution in [-0.2, 0) is 11.2 Å². The smallest absolute Gasteiger partial charge is 0.233 e. The molecule has 0 bridgehead atoms. The first-order chi connectivity index (χ1) is 11.6. The topological polar surface area (TPSA) is 38.3 Å². The number of nitrogens with one attached hydrogen (secondary N) is 1. The number of benzene rings is 2. The van der Waals surface area contributed by atoms with Crippen molar-refractivity contribution in [3.05, 3.63) is 59.7 Å². The minimum Gasteiger partial charge on any atom is -0.496 e. The van der Waals surface area contributed by atoms with Gasteiger partial charge in [-0.2, -0.15) is 0 Å². The fraction of sp³-hybridized carbons (Fsp3) is 0.350. The van der Waals surface area contributed by atoms with E-state index in [1.54, 1.807) is 18.9 Å². The molecule has 0 fully saturated rings. The number of methoxy groups -OCH3 is 1. The van der Waals surface area contributed by atoms with Crippen LogP contribution in [0.3, 0.4) is 0 Å². The standard InChI is InChI=1S/C20H25NO2S/c1-15-10-12-18(13-11-15)24-16(2)20(22)21-14-6-8-17-7-4-5-9-19(17)23-3/h4-5,7,9-13,16H,6,8,14H2,1-3H3,(H,21,22). The van der Waals surface area contributed by atoms with Crippen LogP contribution in [0.5, 0.6) is 5.75 Å². The van der Waals surface area contributed by atoms with Crippen molar-refractivity contribution in [2.75, 3.05) is 13.7 Å². The maximum absolute atomic E-state index is 12.2. The summed E-state index contributed by atoms with van der Waals surface area (Å²) in [7, 11) is 1.69. The minimum absolute atomic E-state index is 0.0839. The number of rotatable bonds is 8. The normalized spacial score (nSPS) is 11.8. The molecule has 1 amide bonds. The Morgan fingerprint density at radius 3 is 2.58 bits per heavy atom. The number of amides is 1. The van der Waals surface area contributed by atoms with Crippen molar-refractivity contribution in [3.63, 3.8) is 0 Å². The lowest BCUT2D eigenvalue weighted by molar-refractivity contribution is -0.120. The summed E-state index contributed by atoms with van der Waals surface area (Å²) in [6.07, 6.45) is 1.79. The molecule has 2 aromatic carbocycles. The predicted octanol–water partition coefficient (Wildman–Crippen LogP) is 4.23. The van der Waals surface area contributed by atoms with Gasteiger partial charge in [-0.3, -0.25) is 4.79 Å². The molecule has 0 heterocycles. The van der Waals surface area contributed by atoms with Crippen molar-refractivity contribution < 1.29 is 9.53 Å². The number of para-hydroxylation sites is 1. The Labute approximate surface area is 148 Å². The third kappa shape index (κ3) is 5.60. The second-order valence-corrected chi connectivity index (χ2v) is 7.19. The van der Waals surface area contributed by atoms with Gasteiger partial charge < -0.3 is 10.1 Å². The first-order valence-electron chi connectivity index (χ1n) is 8.23. The van der Waals surface area contributed by atoms with Crippen LogP contribution >= 0.6 is 11.8 Å². The van der Waals surface area contributed by atoms with Gasteiger partial charge in [-0.1, -0.05) is 35.9 Å². The molecule has 2 aromatic rings. The molecular formula is C20H25NO2S. The number of carbonyl (C=O) groups excluding carboxylic acids is 1. The van der Waals surface area contributed by atoms with Gasteiger partial charge in [0, 0.05) is 11.4 Å². The average molecular weight is 343 g/mol. The monoisotopic (exact) mass is 343 g/mol. The fourth-order valence-electron chi connectivity index (χ4n) is 2.42. The van der Waals surface area contributed by atoms with Crippen LogP contribution < -0.4 is 10.1 Å². The van der Waals surface area contributed by atoms with E-state index in [9.17, 15) is 4.79 Å². The molecule has 0 aliphatic carbocycles. The number of thioether (sulfide) groups is 1. The maximum Gasteiger partial charge on any atom is 0.233 e. The van der Waals surface area contributed by atoms with Gasteiger partial charge in [-0.25, -0.2) is 0 Å². The van der Waals surface area contributed by atoms with E-state index in [4.69, 9.17) is 4.74 Å². The summed E-state index contributed by atoms with van der Waals surface area (Å²) in [6, 6.07) is 16.3. The predicted molar refractivity (Wildman–Crippen MR) is 101 cm³/mol. The summed E-state index contributed by atoms with van der Waals surface area (Å²) in [5, 5.41) is 2.92. The number of ether oxygens (including phenoxy) is 1. The first kappa shape index (κ1) is 18.4. The van der Waals surface area contributed by atoms with Crippen molar-refractivity contribution in [2.45, 2.75) is 36.8 Å². The Hall–Kier alpha value is -1.94. The average Bonchev–Trinajstić information content (AvgIpc) is 2.60. The molecule has 3 nitrogen and oxygen atoms in total. The van der Waals surface area contributed by atoms with Gasteiger partial charge in [0.1, 0.15) is 5.75 Å². The molecule has 0 radical (unpaired) electrons. The van der Waals surface area contributed by atoms with Crippen LogP contribution in [0.2, 0.25) is 0 Å². The number of hydrogen-bond donors (Lipinski definition) is 1. The van der Waals surface area contributed by atoms with Gasteiger partial charge in [0.15, 0.2) is 0 Å². The highest BCUT2D eigenvalue weighted by Gasteiger charge is 2.13. The Bertz CT molecular complexity index is 655. The van der Waals surface area contributed by atoms with Crippen LogP contribution in [0, 0.1) is 6.92 Å². The molecule has 1 atom stereocenters. The third-order valence-electron chi connectivity index (χ3n) is 3.82. The van der Waals surface area contributed by atoms with Gasteiger partial charge >= 0.3 is 0 Å². The van der Waals surface area contributed by atoms with Crippen LogP contribution in [0.25, 0.3) is 0 Å². The van der Waals surface area contributed by atoms with Crippen LogP contribution in [0.1, 0.15) is 24.5 Å². The molecule has 24 heavy (non-hydrogen) atoms. The highest BCUT2D eigenvalue weighted by molar-refractivity contribution is 8.00. The van der Waals surface area contributed by atoms with E-state index in [1.165, 1.54) is 11.1 Å². The Morgan fingerprint density at radius 1 is 1.17 bits per heavy atom. The highest BCUT2D eigenvalue weighted by Crippen LogP contribution is 2.23. The van der Waals surface area contributed by atoms with Gasteiger partial charge in [0.25, 0.3) is 0 Å². The molecule has 0 saturated carbocycles. The van der Waals surface area contributed by atoms with Crippen LogP contribution in [-0.4, -0.2) is 24.8 Å². The van der Waals surface area contributed by atoms with Gasteiger partial charge in [-0.05, 0) is 50.5 Å². The minimum atomic E-state index is -0.0982. The molecule has 1 N–H and O–H groups in total. The van der Waals surface area contributed by atoms with Gasteiger partial charge in [0.05, 0.1) is 12.4 Å². The lowest BCUT2D eigenvalue weighted by Gasteiger charge is -2.13. The highest BCUT2D eigenvalue weighted by atomic mass is 32.2. The summed E-state index contributed by atoms with van der Waals surface area (Å²) in [4.78, 5) is 13.3. The van der Waals surface area contributed by atoms with E-state index in [-0.39, 0.29) is 11.2 Å². The van der Waals surface area contributed by atoms with E-state index in [1.807, 2.05) is 25.1 Å². The van der Waals surface area contributed by atoms with Gasteiger partial charge in [0.2, 0.25) is 5.91 Å². The third-order valence-corrected chi connectivity index (χ3v) is 4.93. The Balaban J connectivity index is 1.73. The zero-order chi connectivity index (χ0) is 17.4. The first-order valence-corrected chi connectivity index (χ1v) is 9.11. The molecule has 0 saturated heterocycles. The van der Waals surface area contributed by atoms with Crippen molar-refractivity contribution in [1.29, 1.82) is 0 Å². The second-order valence-electron chi connectivity index (χ2n) is 5.78. The summed E-state index contributed by atoms with van der Waals surface area (Å²) in [5.41, 5.74) is 2.41. The zero-order valence-electron chi connectivity index (χ0n) is 14.5. The van der Waals surface area contributed by atoms with E-state index in [0.717, 1.165) is 23.5 Å². The molecule has 2 rings (SSSR count). The molecule has 1 unspecified atom stereocenters.